The third-order valence-electron chi connectivity index (χ3n) is 8.48. The van der Waals surface area contributed by atoms with Crippen LogP contribution in [0, 0.1) is 23.7 Å². The van der Waals surface area contributed by atoms with Gasteiger partial charge in [-0.05, 0) is 61.1 Å². The fourth-order valence-electron chi connectivity index (χ4n) is 6.90. The van der Waals surface area contributed by atoms with Gasteiger partial charge >= 0.3 is 0 Å². The van der Waals surface area contributed by atoms with Crippen molar-refractivity contribution >= 4 is 40.9 Å². The highest BCUT2D eigenvalue weighted by Crippen LogP contribution is 2.69. The van der Waals surface area contributed by atoms with Crippen LogP contribution < -0.4 is 15.4 Å². The number of carbonyl (C=O) groups excluding carboxylic acids is 3. The van der Waals surface area contributed by atoms with Gasteiger partial charge in [-0.3, -0.25) is 14.4 Å². The molecule has 3 unspecified atom stereocenters. The monoisotopic (exact) mass is 551 g/mol. The number of fused-ring (bicyclic) bond motifs is 1. The molecule has 3 amide bonds. The number of methoxy groups -OCH3 is 1. The molecular weight excluding hydrogens is 514 g/mol. The molecule has 7 atom stereocenters. The largest absolute Gasteiger partial charge is 0.497 e. The first-order valence-electron chi connectivity index (χ1n) is 13.6. The Morgan fingerprint density at radius 2 is 1.72 bits per heavy atom. The number of hydrogen-bond donors (Lipinski definition) is 3. The van der Waals surface area contributed by atoms with Gasteiger partial charge in [0.15, 0.2) is 0 Å². The molecule has 3 saturated heterocycles. The first kappa shape index (κ1) is 27.5. The predicted molar refractivity (Wildman–Crippen MR) is 153 cm³/mol. The van der Waals surface area contributed by atoms with Crippen LogP contribution in [-0.4, -0.2) is 63.5 Å². The molecule has 0 aliphatic carbocycles. The molecule has 9 heteroatoms. The SMILES string of the molecule is COc1ccc(NC(=O)C2N([C@@H](CO)CC(C)C)C(=O)[C@@H]3[C@@H](C(=O)Nc4ccccc4)[C@H]4CC(C)C23S4)cc1. The number of nitrogens with one attached hydrogen (secondary N) is 2. The van der Waals surface area contributed by atoms with Crippen molar-refractivity contribution in [1.82, 2.24) is 4.90 Å². The molecule has 1 spiro atoms. The number of ether oxygens (including phenoxy) is 1. The molecule has 3 aliphatic rings. The standard InChI is InChI=1S/C30H37N3O5S/c1-17(2)14-21(16-34)33-26(28(36)32-20-10-12-22(38-4)13-11-20)30-18(3)15-23(39-30)24(25(30)29(33)37)27(35)31-19-8-6-5-7-9-19/h5-13,17-18,21,23-26,34H,14-16H2,1-4H3,(H,31,35)(H,32,36)/t18?,21-,23-,24+,25+,26?,30?/m1/s1. The lowest BCUT2D eigenvalue weighted by atomic mass is 9.66. The summed E-state index contributed by atoms with van der Waals surface area (Å²) in [4.78, 5) is 43.8. The average Bonchev–Trinajstić information content (AvgIpc) is 3.51. The summed E-state index contributed by atoms with van der Waals surface area (Å²) in [5.41, 5.74) is 1.28. The van der Waals surface area contributed by atoms with Crippen LogP contribution in [0.2, 0.25) is 0 Å². The zero-order valence-corrected chi connectivity index (χ0v) is 23.6. The van der Waals surface area contributed by atoms with E-state index in [1.807, 2.05) is 44.2 Å². The maximum Gasteiger partial charge on any atom is 0.248 e. The van der Waals surface area contributed by atoms with Crippen LogP contribution in [0.5, 0.6) is 5.75 Å². The lowest BCUT2D eigenvalue weighted by molar-refractivity contribution is -0.141. The molecule has 3 aliphatic heterocycles. The minimum atomic E-state index is -0.812. The van der Waals surface area contributed by atoms with E-state index < -0.39 is 28.7 Å². The summed E-state index contributed by atoms with van der Waals surface area (Å²) in [7, 11) is 1.58. The summed E-state index contributed by atoms with van der Waals surface area (Å²) in [6, 6.07) is 15.0. The average molecular weight is 552 g/mol. The molecule has 8 nitrogen and oxygen atoms in total. The van der Waals surface area contributed by atoms with Gasteiger partial charge < -0.3 is 25.4 Å². The first-order chi connectivity index (χ1) is 18.7. The summed E-state index contributed by atoms with van der Waals surface area (Å²) >= 11 is 1.63. The number of amides is 3. The van der Waals surface area contributed by atoms with Crippen molar-refractivity contribution in [3.63, 3.8) is 0 Å². The van der Waals surface area contributed by atoms with E-state index >= 15 is 0 Å². The highest BCUT2D eigenvalue weighted by molar-refractivity contribution is 8.02. The van der Waals surface area contributed by atoms with Crippen molar-refractivity contribution in [2.24, 2.45) is 23.7 Å². The Balaban J connectivity index is 1.53. The molecule has 2 aromatic rings. The van der Waals surface area contributed by atoms with Crippen molar-refractivity contribution in [3.05, 3.63) is 54.6 Å². The number of carbonyl (C=O) groups is 3. The maximum absolute atomic E-state index is 14.3. The lowest BCUT2D eigenvalue weighted by Gasteiger charge is -2.40. The van der Waals surface area contributed by atoms with Crippen LogP contribution in [0.4, 0.5) is 11.4 Å². The number of rotatable bonds is 9. The van der Waals surface area contributed by atoms with Gasteiger partial charge in [-0.1, -0.05) is 39.0 Å². The minimum absolute atomic E-state index is 0.0391. The fraction of sp³-hybridized carbons (Fsp3) is 0.500. The van der Waals surface area contributed by atoms with Gasteiger partial charge in [0.05, 0.1) is 36.3 Å². The number of benzene rings is 2. The van der Waals surface area contributed by atoms with Gasteiger partial charge in [0.25, 0.3) is 0 Å². The number of para-hydroxylation sites is 1. The number of aliphatic hydroxyl groups is 1. The van der Waals surface area contributed by atoms with E-state index in [9.17, 15) is 19.5 Å². The second-order valence-corrected chi connectivity index (χ2v) is 12.9. The molecule has 39 heavy (non-hydrogen) atoms. The maximum atomic E-state index is 14.3. The van der Waals surface area contributed by atoms with E-state index in [1.54, 1.807) is 48.0 Å². The van der Waals surface area contributed by atoms with Crippen molar-refractivity contribution < 1.29 is 24.2 Å². The van der Waals surface area contributed by atoms with Crippen molar-refractivity contribution in [3.8, 4) is 5.75 Å². The molecule has 2 aromatic carbocycles. The number of aliphatic hydroxyl groups excluding tert-OH is 1. The van der Waals surface area contributed by atoms with Gasteiger partial charge in [-0.25, -0.2) is 0 Å². The van der Waals surface area contributed by atoms with Crippen molar-refractivity contribution in [2.45, 2.75) is 55.7 Å². The Morgan fingerprint density at radius 3 is 2.33 bits per heavy atom. The Kier molecular flexibility index (Phi) is 7.66. The van der Waals surface area contributed by atoms with Crippen LogP contribution in [-0.2, 0) is 14.4 Å². The molecule has 3 fully saturated rings. The van der Waals surface area contributed by atoms with Crippen LogP contribution in [0.15, 0.2) is 54.6 Å². The molecule has 0 saturated carbocycles. The Hall–Kier alpha value is -3.04. The topological polar surface area (TPSA) is 108 Å². The smallest absolute Gasteiger partial charge is 0.248 e. The second kappa shape index (κ2) is 10.8. The van der Waals surface area contributed by atoms with E-state index in [1.165, 1.54) is 0 Å². The summed E-state index contributed by atoms with van der Waals surface area (Å²) in [6.45, 7) is 5.91. The second-order valence-electron chi connectivity index (χ2n) is 11.3. The lowest BCUT2D eigenvalue weighted by Crippen LogP contribution is -2.57. The molecule has 0 aromatic heterocycles. The van der Waals surface area contributed by atoms with E-state index in [-0.39, 0.29) is 41.4 Å². The van der Waals surface area contributed by atoms with Gasteiger partial charge in [-0.15, -0.1) is 11.8 Å². The molecule has 3 N–H and O–H groups in total. The van der Waals surface area contributed by atoms with E-state index in [0.717, 1.165) is 6.42 Å². The highest BCUT2D eigenvalue weighted by Gasteiger charge is 2.76. The van der Waals surface area contributed by atoms with Gasteiger partial charge in [0.2, 0.25) is 17.7 Å². The van der Waals surface area contributed by atoms with Gasteiger partial charge in [0, 0.05) is 16.6 Å². The van der Waals surface area contributed by atoms with E-state index in [4.69, 9.17) is 4.74 Å². The number of hydrogen-bond acceptors (Lipinski definition) is 6. The summed E-state index contributed by atoms with van der Waals surface area (Å²) in [5.74, 6) is -0.971. The fourth-order valence-corrected chi connectivity index (χ4v) is 9.31. The van der Waals surface area contributed by atoms with Crippen LogP contribution in [0.3, 0.4) is 0 Å². The zero-order chi connectivity index (χ0) is 27.9. The minimum Gasteiger partial charge on any atom is -0.497 e. The Morgan fingerprint density at radius 1 is 1.08 bits per heavy atom. The summed E-state index contributed by atoms with van der Waals surface area (Å²) < 4.78 is 4.48. The molecule has 2 bridgehead atoms. The third-order valence-corrected chi connectivity index (χ3v) is 10.6. The van der Waals surface area contributed by atoms with Crippen LogP contribution in [0.1, 0.15) is 33.6 Å². The van der Waals surface area contributed by atoms with E-state index in [2.05, 4.69) is 17.6 Å². The molecular formula is C30H37N3O5S. The molecule has 3 heterocycles. The summed E-state index contributed by atoms with van der Waals surface area (Å²) in [6.07, 6.45) is 1.30. The quantitative estimate of drug-likeness (QED) is 0.435. The first-order valence-corrected chi connectivity index (χ1v) is 14.5. The number of anilines is 2. The predicted octanol–water partition coefficient (Wildman–Crippen LogP) is 4.02. The number of likely N-dealkylation sites (tertiary alicyclic amines) is 1. The van der Waals surface area contributed by atoms with Crippen LogP contribution in [0.25, 0.3) is 0 Å². The Labute approximate surface area is 233 Å². The van der Waals surface area contributed by atoms with Crippen LogP contribution >= 0.6 is 11.8 Å². The van der Waals surface area contributed by atoms with Gasteiger partial charge in [-0.2, -0.15) is 0 Å². The zero-order valence-electron chi connectivity index (χ0n) is 22.8. The molecule has 208 valence electrons. The highest BCUT2D eigenvalue weighted by atomic mass is 32.2. The van der Waals surface area contributed by atoms with E-state index in [0.29, 0.717) is 23.5 Å². The van der Waals surface area contributed by atoms with Crippen molar-refractivity contribution in [1.29, 1.82) is 0 Å². The number of nitrogens with zero attached hydrogens (tertiary/aromatic N) is 1. The Bertz CT molecular complexity index is 1220. The summed E-state index contributed by atoms with van der Waals surface area (Å²) in [5, 5.41) is 16.4. The molecule has 0 radical (unpaired) electrons. The van der Waals surface area contributed by atoms with Gasteiger partial charge in [0.1, 0.15) is 11.8 Å². The van der Waals surface area contributed by atoms with Crippen molar-refractivity contribution in [2.75, 3.05) is 24.4 Å². The third kappa shape index (κ3) is 4.69. The molecule has 5 rings (SSSR count). The normalized spacial score (nSPS) is 29.8. The number of thioether (sulfide) groups is 1.